The number of pyridine rings is 1. The molecule has 138 valence electrons. The zero-order valence-electron chi connectivity index (χ0n) is 15.6. The molecule has 1 saturated heterocycles. The molecule has 0 unspecified atom stereocenters. The van der Waals surface area contributed by atoms with E-state index in [-0.39, 0.29) is 0 Å². The van der Waals surface area contributed by atoms with E-state index in [1.807, 2.05) is 32.2 Å². The molecule has 2 aromatic rings. The van der Waals surface area contributed by atoms with Gasteiger partial charge in [-0.15, -0.1) is 0 Å². The number of hydrogen-bond acceptors (Lipinski definition) is 5. The van der Waals surface area contributed by atoms with Crippen molar-refractivity contribution in [1.82, 2.24) is 20.9 Å². The summed E-state index contributed by atoms with van der Waals surface area (Å²) in [6.07, 6.45) is 5.89. The summed E-state index contributed by atoms with van der Waals surface area (Å²) in [6.45, 7) is 6.80. The maximum Gasteiger partial charge on any atom is 0.0901 e. The van der Waals surface area contributed by atoms with Crippen LogP contribution in [-0.2, 0) is 0 Å². The zero-order valence-corrected chi connectivity index (χ0v) is 15.6. The lowest BCUT2D eigenvalue weighted by atomic mass is 9.87. The van der Waals surface area contributed by atoms with Crippen LogP contribution in [-0.4, -0.2) is 35.0 Å². The molecule has 1 fully saturated rings. The van der Waals surface area contributed by atoms with Gasteiger partial charge in [-0.1, -0.05) is 38.1 Å². The third-order valence-corrected chi connectivity index (χ3v) is 4.90. The van der Waals surface area contributed by atoms with Crippen LogP contribution in [0.1, 0.15) is 32.3 Å². The van der Waals surface area contributed by atoms with Crippen LogP contribution in [0.3, 0.4) is 0 Å². The maximum atomic E-state index is 10.3. The first-order valence-corrected chi connectivity index (χ1v) is 9.50. The molecule has 0 saturated carbocycles. The standard InChI is InChI=1S/C19H22N4O.C2H6/c24-23-19(18(13-22-23)14-6-9-20-10-7-14)16-4-1-3-15(11-16)17-5-2-8-21-12-17;1-2/h1-5,8,11-12,14,20,22,24H,6-7,9-10,13H2;1-2H3. The van der Waals surface area contributed by atoms with Crippen molar-refractivity contribution in [2.75, 3.05) is 19.6 Å². The smallest absolute Gasteiger partial charge is 0.0901 e. The Morgan fingerprint density at radius 2 is 1.77 bits per heavy atom. The Morgan fingerprint density at radius 3 is 2.50 bits per heavy atom. The van der Waals surface area contributed by atoms with Crippen LogP contribution in [0.2, 0.25) is 0 Å². The highest BCUT2D eigenvalue weighted by atomic mass is 16.5. The Kier molecular flexibility index (Phi) is 6.39. The summed E-state index contributed by atoms with van der Waals surface area (Å²) in [5.41, 5.74) is 8.51. The summed E-state index contributed by atoms with van der Waals surface area (Å²) in [7, 11) is 0. The molecule has 0 atom stereocenters. The molecule has 2 aliphatic rings. The summed E-state index contributed by atoms with van der Waals surface area (Å²) < 4.78 is 0. The molecule has 5 nitrogen and oxygen atoms in total. The summed E-state index contributed by atoms with van der Waals surface area (Å²) in [5.74, 6) is 0.521. The number of aromatic nitrogens is 1. The van der Waals surface area contributed by atoms with E-state index in [0.29, 0.717) is 12.5 Å². The Labute approximate surface area is 155 Å². The van der Waals surface area contributed by atoms with E-state index < -0.39 is 0 Å². The second kappa shape index (κ2) is 8.94. The molecule has 0 bridgehead atoms. The van der Waals surface area contributed by atoms with E-state index in [0.717, 1.165) is 48.3 Å². The molecule has 0 radical (unpaired) electrons. The van der Waals surface area contributed by atoms with Crippen LogP contribution in [0.15, 0.2) is 54.4 Å². The molecule has 1 aromatic carbocycles. The zero-order chi connectivity index (χ0) is 18.4. The van der Waals surface area contributed by atoms with Gasteiger partial charge in [-0.3, -0.25) is 10.2 Å². The number of hydrazine groups is 1. The Hall–Kier alpha value is -2.21. The van der Waals surface area contributed by atoms with Crippen molar-refractivity contribution >= 4 is 5.70 Å². The predicted molar refractivity (Wildman–Crippen MR) is 105 cm³/mol. The average molecular weight is 352 g/mol. The lowest BCUT2D eigenvalue weighted by Crippen LogP contribution is -2.30. The molecule has 1 aromatic heterocycles. The van der Waals surface area contributed by atoms with Crippen molar-refractivity contribution in [1.29, 1.82) is 0 Å². The van der Waals surface area contributed by atoms with Gasteiger partial charge in [0.2, 0.25) is 0 Å². The monoisotopic (exact) mass is 352 g/mol. The quantitative estimate of drug-likeness (QED) is 0.786. The van der Waals surface area contributed by atoms with E-state index in [1.54, 1.807) is 6.20 Å². The van der Waals surface area contributed by atoms with Crippen LogP contribution < -0.4 is 10.7 Å². The minimum Gasteiger partial charge on any atom is -0.317 e. The van der Waals surface area contributed by atoms with Gasteiger partial charge in [-0.2, -0.15) is 5.17 Å². The molecule has 2 aliphatic heterocycles. The summed E-state index contributed by atoms with van der Waals surface area (Å²) >= 11 is 0. The van der Waals surface area contributed by atoms with Gasteiger partial charge in [0, 0.05) is 30.1 Å². The van der Waals surface area contributed by atoms with Crippen molar-refractivity contribution in [3.8, 4) is 11.1 Å². The van der Waals surface area contributed by atoms with E-state index in [1.165, 1.54) is 10.7 Å². The van der Waals surface area contributed by atoms with Crippen molar-refractivity contribution in [3.63, 3.8) is 0 Å². The Bertz CT molecular complexity index is 739. The SMILES string of the molecule is CC.ON1NCC(C2CCNCC2)=C1c1cccc(-c2cccnc2)c1. The topological polar surface area (TPSA) is 60.4 Å². The average Bonchev–Trinajstić information content (AvgIpc) is 3.12. The number of nitrogens with one attached hydrogen (secondary N) is 2. The second-order valence-corrected chi connectivity index (χ2v) is 6.37. The molecular weight excluding hydrogens is 324 g/mol. The van der Waals surface area contributed by atoms with Gasteiger partial charge in [0.1, 0.15) is 0 Å². The van der Waals surface area contributed by atoms with Gasteiger partial charge in [0.05, 0.1) is 5.70 Å². The molecule has 3 heterocycles. The first kappa shape index (κ1) is 18.6. The number of nitrogens with zero attached hydrogens (tertiary/aromatic N) is 2. The summed E-state index contributed by atoms with van der Waals surface area (Å²) in [5, 5.41) is 14.9. The lowest BCUT2D eigenvalue weighted by Gasteiger charge is -2.24. The fourth-order valence-electron chi connectivity index (χ4n) is 3.65. The Balaban J connectivity index is 0.000000948. The number of rotatable bonds is 3. The van der Waals surface area contributed by atoms with Crippen LogP contribution in [0.4, 0.5) is 0 Å². The fraction of sp³-hybridized carbons (Fsp3) is 0.381. The van der Waals surface area contributed by atoms with E-state index >= 15 is 0 Å². The third kappa shape index (κ3) is 3.96. The van der Waals surface area contributed by atoms with Crippen molar-refractivity contribution in [3.05, 3.63) is 59.9 Å². The minimum atomic E-state index is 0.521. The van der Waals surface area contributed by atoms with Crippen molar-refractivity contribution in [2.24, 2.45) is 5.92 Å². The first-order chi connectivity index (χ1) is 12.8. The molecule has 0 spiro atoms. The molecule has 0 amide bonds. The second-order valence-electron chi connectivity index (χ2n) is 6.37. The molecule has 26 heavy (non-hydrogen) atoms. The van der Waals surface area contributed by atoms with Crippen LogP contribution in [0.25, 0.3) is 16.8 Å². The first-order valence-electron chi connectivity index (χ1n) is 9.50. The fourth-order valence-corrected chi connectivity index (χ4v) is 3.65. The number of piperidine rings is 1. The number of hydrogen-bond donors (Lipinski definition) is 3. The van der Waals surface area contributed by atoms with Gasteiger partial charge >= 0.3 is 0 Å². The molecule has 3 N–H and O–H groups in total. The maximum absolute atomic E-state index is 10.3. The summed E-state index contributed by atoms with van der Waals surface area (Å²) in [6, 6.07) is 12.3. The highest BCUT2D eigenvalue weighted by Crippen LogP contribution is 2.34. The Morgan fingerprint density at radius 1 is 1.04 bits per heavy atom. The van der Waals surface area contributed by atoms with Crippen molar-refractivity contribution < 1.29 is 5.21 Å². The molecule has 5 heteroatoms. The molecular formula is C21H28N4O. The minimum absolute atomic E-state index is 0.521. The van der Waals surface area contributed by atoms with Crippen LogP contribution in [0, 0.1) is 5.92 Å². The molecule has 4 rings (SSSR count). The normalized spacial score (nSPS) is 17.9. The van der Waals surface area contributed by atoms with Crippen LogP contribution in [0.5, 0.6) is 0 Å². The van der Waals surface area contributed by atoms with Crippen molar-refractivity contribution in [2.45, 2.75) is 26.7 Å². The van der Waals surface area contributed by atoms with E-state index in [4.69, 9.17) is 0 Å². The van der Waals surface area contributed by atoms with E-state index in [2.05, 4.69) is 40.0 Å². The molecule has 0 aliphatic carbocycles. The van der Waals surface area contributed by atoms with Gasteiger partial charge in [0.15, 0.2) is 0 Å². The van der Waals surface area contributed by atoms with Gasteiger partial charge in [-0.25, -0.2) is 5.43 Å². The predicted octanol–water partition coefficient (Wildman–Crippen LogP) is 3.69. The van der Waals surface area contributed by atoms with Crippen LogP contribution >= 0.6 is 0 Å². The number of benzene rings is 1. The van der Waals surface area contributed by atoms with Gasteiger partial charge in [0.25, 0.3) is 0 Å². The highest BCUT2D eigenvalue weighted by molar-refractivity contribution is 5.74. The third-order valence-electron chi connectivity index (χ3n) is 4.90. The largest absolute Gasteiger partial charge is 0.317 e. The lowest BCUT2D eigenvalue weighted by molar-refractivity contribution is -0.0639. The van der Waals surface area contributed by atoms with Gasteiger partial charge in [-0.05, 0) is 55.1 Å². The highest BCUT2D eigenvalue weighted by Gasteiger charge is 2.29. The number of hydroxylamine groups is 1. The summed E-state index contributed by atoms with van der Waals surface area (Å²) in [4.78, 5) is 4.20. The van der Waals surface area contributed by atoms with E-state index in [9.17, 15) is 5.21 Å². The van der Waals surface area contributed by atoms with Gasteiger partial charge < -0.3 is 5.32 Å².